The Hall–Kier alpha value is -1.32. The molecule has 0 atom stereocenters. The summed E-state index contributed by atoms with van der Waals surface area (Å²) in [7, 11) is 1.62. The van der Waals surface area contributed by atoms with E-state index in [4.69, 9.17) is 4.74 Å². The van der Waals surface area contributed by atoms with E-state index in [0.717, 1.165) is 18.4 Å². The summed E-state index contributed by atoms with van der Waals surface area (Å²) in [6.45, 7) is 3.32. The van der Waals surface area contributed by atoms with Crippen molar-refractivity contribution >= 4 is 5.95 Å². The first-order valence-corrected chi connectivity index (χ1v) is 6.88. The molecule has 1 aliphatic carbocycles. The van der Waals surface area contributed by atoms with E-state index in [-0.39, 0.29) is 0 Å². The topological polar surface area (TPSA) is 47.0 Å². The van der Waals surface area contributed by atoms with Gasteiger partial charge in [0.05, 0.1) is 19.5 Å². The van der Waals surface area contributed by atoms with Crippen LogP contribution in [0.2, 0.25) is 0 Å². The third-order valence-corrected chi connectivity index (χ3v) is 3.83. The van der Waals surface area contributed by atoms with Gasteiger partial charge in [-0.15, -0.1) is 0 Å². The Labute approximate surface area is 109 Å². The van der Waals surface area contributed by atoms with E-state index in [1.54, 1.807) is 19.5 Å². The fraction of sp³-hybridized carbons (Fsp3) is 0.714. The second kappa shape index (κ2) is 6.57. The predicted octanol–water partition coefficient (Wildman–Crippen LogP) is 3.11. The maximum absolute atomic E-state index is 5.03. The second-order valence-electron chi connectivity index (χ2n) is 5.29. The highest BCUT2D eigenvalue weighted by Crippen LogP contribution is 2.30. The molecule has 18 heavy (non-hydrogen) atoms. The number of anilines is 1. The molecule has 4 nitrogen and oxygen atoms in total. The molecule has 1 heterocycles. The molecule has 2 rings (SSSR count). The quantitative estimate of drug-likeness (QED) is 0.871. The van der Waals surface area contributed by atoms with Gasteiger partial charge in [0.2, 0.25) is 5.95 Å². The van der Waals surface area contributed by atoms with Crippen molar-refractivity contribution in [1.82, 2.24) is 9.97 Å². The molecule has 1 saturated carbocycles. The summed E-state index contributed by atoms with van der Waals surface area (Å²) in [5.74, 6) is 3.20. The van der Waals surface area contributed by atoms with Crippen molar-refractivity contribution in [2.45, 2.75) is 39.0 Å². The van der Waals surface area contributed by atoms with Crippen molar-refractivity contribution in [2.24, 2.45) is 11.8 Å². The molecule has 0 unspecified atom stereocenters. The lowest BCUT2D eigenvalue weighted by molar-refractivity contribution is 0.282. The normalized spacial score (nSPS) is 23.7. The lowest BCUT2D eigenvalue weighted by Crippen LogP contribution is -2.16. The highest BCUT2D eigenvalue weighted by Gasteiger charge is 2.17. The Morgan fingerprint density at radius 2 is 1.89 bits per heavy atom. The molecule has 0 saturated heterocycles. The van der Waals surface area contributed by atoms with Gasteiger partial charge in [-0.2, -0.15) is 0 Å². The number of methoxy groups -OCH3 is 1. The molecule has 4 heteroatoms. The van der Waals surface area contributed by atoms with E-state index in [1.807, 2.05) is 0 Å². The zero-order valence-electron chi connectivity index (χ0n) is 11.4. The van der Waals surface area contributed by atoms with Gasteiger partial charge in [0, 0.05) is 6.54 Å². The number of aromatic nitrogens is 2. The monoisotopic (exact) mass is 249 g/mol. The van der Waals surface area contributed by atoms with Crippen molar-refractivity contribution in [3.63, 3.8) is 0 Å². The molecule has 0 aliphatic heterocycles. The molecule has 1 aliphatic rings. The van der Waals surface area contributed by atoms with Crippen LogP contribution in [-0.2, 0) is 0 Å². The highest BCUT2D eigenvalue weighted by atomic mass is 16.5. The third-order valence-electron chi connectivity index (χ3n) is 3.83. The molecular formula is C14H23N3O. The van der Waals surface area contributed by atoms with Crippen LogP contribution in [-0.4, -0.2) is 23.6 Å². The molecule has 1 aromatic rings. The zero-order chi connectivity index (χ0) is 12.8. The van der Waals surface area contributed by atoms with E-state index in [1.165, 1.54) is 32.1 Å². The second-order valence-corrected chi connectivity index (χ2v) is 5.29. The van der Waals surface area contributed by atoms with Gasteiger partial charge in [0.15, 0.2) is 5.75 Å². The zero-order valence-corrected chi connectivity index (χ0v) is 11.4. The van der Waals surface area contributed by atoms with Crippen LogP contribution in [0.1, 0.15) is 39.0 Å². The van der Waals surface area contributed by atoms with E-state index in [0.29, 0.717) is 11.7 Å². The van der Waals surface area contributed by atoms with Gasteiger partial charge in [-0.05, 0) is 18.3 Å². The fourth-order valence-electron chi connectivity index (χ4n) is 2.52. The number of nitrogens with zero attached hydrogens (tertiary/aromatic N) is 2. The lowest BCUT2D eigenvalue weighted by atomic mass is 9.81. The van der Waals surface area contributed by atoms with Gasteiger partial charge in [-0.25, -0.2) is 9.97 Å². The molecule has 1 N–H and O–H groups in total. The van der Waals surface area contributed by atoms with E-state index >= 15 is 0 Å². The Kier molecular flexibility index (Phi) is 4.79. The molecule has 0 aromatic carbocycles. The molecule has 0 radical (unpaired) electrons. The molecular weight excluding hydrogens is 226 g/mol. The SMILES string of the molecule is COc1cnc(NCCC2CCC(C)CC2)nc1. The van der Waals surface area contributed by atoms with Gasteiger partial charge >= 0.3 is 0 Å². The van der Waals surface area contributed by atoms with Crippen LogP contribution in [0.5, 0.6) is 5.75 Å². The van der Waals surface area contributed by atoms with Gasteiger partial charge < -0.3 is 10.1 Å². The fourth-order valence-corrected chi connectivity index (χ4v) is 2.52. The van der Waals surface area contributed by atoms with Crippen molar-refractivity contribution < 1.29 is 4.74 Å². The summed E-state index contributed by atoms with van der Waals surface area (Å²) in [5.41, 5.74) is 0. The maximum Gasteiger partial charge on any atom is 0.222 e. The minimum atomic E-state index is 0.694. The maximum atomic E-state index is 5.03. The van der Waals surface area contributed by atoms with Crippen LogP contribution >= 0.6 is 0 Å². The number of hydrogen-bond donors (Lipinski definition) is 1. The summed E-state index contributed by atoms with van der Waals surface area (Å²) in [4.78, 5) is 8.39. The summed E-state index contributed by atoms with van der Waals surface area (Å²) < 4.78 is 5.03. The van der Waals surface area contributed by atoms with Gasteiger partial charge in [0.1, 0.15) is 0 Å². The van der Waals surface area contributed by atoms with Crippen LogP contribution in [0.4, 0.5) is 5.95 Å². The first-order chi connectivity index (χ1) is 8.78. The third kappa shape index (κ3) is 3.86. The number of rotatable bonds is 5. The summed E-state index contributed by atoms with van der Waals surface area (Å²) in [6, 6.07) is 0. The Morgan fingerprint density at radius 1 is 1.22 bits per heavy atom. The molecule has 0 spiro atoms. The predicted molar refractivity (Wildman–Crippen MR) is 72.8 cm³/mol. The van der Waals surface area contributed by atoms with Crippen LogP contribution in [0.3, 0.4) is 0 Å². The van der Waals surface area contributed by atoms with E-state index < -0.39 is 0 Å². The molecule has 100 valence electrons. The van der Waals surface area contributed by atoms with Crippen molar-refractivity contribution in [1.29, 1.82) is 0 Å². The molecule has 0 amide bonds. The highest BCUT2D eigenvalue weighted by molar-refractivity contribution is 5.26. The van der Waals surface area contributed by atoms with Crippen molar-refractivity contribution in [3.05, 3.63) is 12.4 Å². The average Bonchev–Trinajstić information content (AvgIpc) is 2.42. The molecule has 1 aromatic heterocycles. The van der Waals surface area contributed by atoms with Gasteiger partial charge in [0.25, 0.3) is 0 Å². The molecule has 0 bridgehead atoms. The van der Waals surface area contributed by atoms with Crippen LogP contribution < -0.4 is 10.1 Å². The Bertz CT molecular complexity index is 345. The largest absolute Gasteiger partial charge is 0.494 e. The number of ether oxygens (including phenoxy) is 1. The minimum absolute atomic E-state index is 0.694. The lowest BCUT2D eigenvalue weighted by Gasteiger charge is -2.26. The van der Waals surface area contributed by atoms with E-state index in [2.05, 4.69) is 22.2 Å². The summed E-state index contributed by atoms with van der Waals surface area (Å²) in [6.07, 6.45) is 10.2. The van der Waals surface area contributed by atoms with E-state index in [9.17, 15) is 0 Å². The number of nitrogens with one attached hydrogen (secondary N) is 1. The van der Waals surface area contributed by atoms with Gasteiger partial charge in [-0.1, -0.05) is 32.6 Å². The van der Waals surface area contributed by atoms with Crippen molar-refractivity contribution in [2.75, 3.05) is 19.0 Å². The van der Waals surface area contributed by atoms with Crippen molar-refractivity contribution in [3.8, 4) is 5.75 Å². The van der Waals surface area contributed by atoms with Crippen LogP contribution in [0.25, 0.3) is 0 Å². The summed E-state index contributed by atoms with van der Waals surface area (Å²) >= 11 is 0. The Balaban J connectivity index is 1.68. The van der Waals surface area contributed by atoms with Crippen LogP contribution in [0.15, 0.2) is 12.4 Å². The smallest absolute Gasteiger partial charge is 0.222 e. The first kappa shape index (κ1) is 13.1. The Morgan fingerprint density at radius 3 is 2.50 bits per heavy atom. The average molecular weight is 249 g/mol. The van der Waals surface area contributed by atoms with Crippen LogP contribution in [0, 0.1) is 11.8 Å². The molecule has 1 fully saturated rings. The minimum Gasteiger partial charge on any atom is -0.494 e. The van der Waals surface area contributed by atoms with Gasteiger partial charge in [-0.3, -0.25) is 0 Å². The standard InChI is InChI=1S/C14H23N3O/c1-11-3-5-12(6-4-11)7-8-15-14-16-9-13(18-2)10-17-14/h9-12H,3-8H2,1-2H3,(H,15,16,17). The first-order valence-electron chi connectivity index (χ1n) is 6.88. The summed E-state index contributed by atoms with van der Waals surface area (Å²) in [5, 5.41) is 3.28. The number of hydrogen-bond acceptors (Lipinski definition) is 4.